The van der Waals surface area contributed by atoms with Gasteiger partial charge in [0.15, 0.2) is 0 Å². The Morgan fingerprint density at radius 2 is 1.95 bits per heavy atom. The molecule has 0 aliphatic rings. The van der Waals surface area contributed by atoms with Crippen LogP contribution in [-0.2, 0) is 6.61 Å². The van der Waals surface area contributed by atoms with Gasteiger partial charge in [0.1, 0.15) is 29.6 Å². The Morgan fingerprint density at radius 1 is 1.20 bits per heavy atom. The normalized spacial score (nSPS) is 10.3. The van der Waals surface area contributed by atoms with Crippen LogP contribution < -0.4 is 4.74 Å². The van der Waals surface area contributed by atoms with E-state index in [2.05, 4.69) is 15.9 Å². The van der Waals surface area contributed by atoms with Crippen LogP contribution in [0.3, 0.4) is 0 Å². The van der Waals surface area contributed by atoms with Crippen molar-refractivity contribution in [2.45, 2.75) is 6.61 Å². The van der Waals surface area contributed by atoms with Crippen LogP contribution in [0.2, 0.25) is 0 Å². The lowest BCUT2D eigenvalue weighted by molar-refractivity contribution is 0.0691. The largest absolute Gasteiger partial charge is 0.488 e. The number of rotatable bonds is 4. The van der Waals surface area contributed by atoms with Crippen LogP contribution in [0.5, 0.6) is 5.75 Å². The number of benzene rings is 2. The van der Waals surface area contributed by atoms with E-state index in [9.17, 15) is 13.6 Å². The fraction of sp³-hybridized carbons (Fsp3) is 0.0714. The van der Waals surface area contributed by atoms with Crippen molar-refractivity contribution in [3.05, 3.63) is 63.6 Å². The number of ether oxygens (including phenoxy) is 1. The van der Waals surface area contributed by atoms with Crippen molar-refractivity contribution in [3.8, 4) is 5.75 Å². The molecule has 6 heteroatoms. The summed E-state index contributed by atoms with van der Waals surface area (Å²) in [4.78, 5) is 11.0. The maximum Gasteiger partial charge on any atom is 0.339 e. The van der Waals surface area contributed by atoms with Crippen molar-refractivity contribution >= 4 is 21.9 Å². The third-order valence-corrected chi connectivity index (χ3v) is 3.16. The number of carbonyl (C=O) groups is 1. The van der Waals surface area contributed by atoms with Crippen molar-refractivity contribution in [2.75, 3.05) is 0 Å². The molecule has 0 aromatic heterocycles. The summed E-state index contributed by atoms with van der Waals surface area (Å²) in [5.74, 6) is -2.28. The highest BCUT2D eigenvalue weighted by molar-refractivity contribution is 9.10. The van der Waals surface area contributed by atoms with E-state index in [0.717, 1.165) is 12.1 Å². The van der Waals surface area contributed by atoms with E-state index in [1.165, 1.54) is 24.3 Å². The first-order valence-electron chi connectivity index (χ1n) is 5.57. The summed E-state index contributed by atoms with van der Waals surface area (Å²) in [5.41, 5.74) is 0.394. The molecular formula is C14H9BrF2O3. The Labute approximate surface area is 121 Å². The lowest BCUT2D eigenvalue weighted by Gasteiger charge is -2.09. The third-order valence-electron chi connectivity index (χ3n) is 2.55. The summed E-state index contributed by atoms with van der Waals surface area (Å²) in [5, 5.41) is 8.96. The fourth-order valence-electron chi connectivity index (χ4n) is 1.59. The van der Waals surface area contributed by atoms with Gasteiger partial charge in [0, 0.05) is 0 Å². The molecule has 2 aromatic carbocycles. The molecule has 2 aromatic rings. The number of hydrogen-bond acceptors (Lipinski definition) is 2. The number of carboxylic acid groups (broad SMARTS) is 1. The van der Waals surface area contributed by atoms with Gasteiger partial charge in [-0.05, 0) is 51.8 Å². The molecule has 0 amide bonds. The molecule has 0 saturated carbocycles. The average molecular weight is 343 g/mol. The number of carboxylic acids is 1. The zero-order valence-electron chi connectivity index (χ0n) is 10.1. The molecule has 0 atom stereocenters. The summed E-state index contributed by atoms with van der Waals surface area (Å²) in [6, 6.07) is 7.56. The summed E-state index contributed by atoms with van der Waals surface area (Å²) in [7, 11) is 0. The zero-order valence-corrected chi connectivity index (χ0v) is 11.7. The van der Waals surface area contributed by atoms with E-state index in [4.69, 9.17) is 9.84 Å². The van der Waals surface area contributed by atoms with E-state index in [-0.39, 0.29) is 22.4 Å². The van der Waals surface area contributed by atoms with Gasteiger partial charge < -0.3 is 9.84 Å². The molecule has 0 bridgehead atoms. The lowest BCUT2D eigenvalue weighted by atomic mass is 10.2. The molecule has 0 aliphatic carbocycles. The number of hydrogen-bond donors (Lipinski definition) is 1. The average Bonchev–Trinajstić information content (AvgIpc) is 2.41. The van der Waals surface area contributed by atoms with Crippen LogP contribution in [0, 0.1) is 11.6 Å². The second-order valence-electron chi connectivity index (χ2n) is 3.98. The van der Waals surface area contributed by atoms with Gasteiger partial charge in [0.05, 0.1) is 4.47 Å². The first-order valence-corrected chi connectivity index (χ1v) is 6.36. The number of halogens is 3. The summed E-state index contributed by atoms with van der Waals surface area (Å²) in [6.45, 7) is 0.0464. The standard InChI is InChI=1S/C14H9BrF2O3/c15-11-5-8(1-3-12(11)17)7-20-13-4-2-9(16)6-10(13)14(18)19/h1-6H,7H2,(H,18,19). The van der Waals surface area contributed by atoms with Gasteiger partial charge in [-0.3, -0.25) is 0 Å². The van der Waals surface area contributed by atoms with Crippen molar-refractivity contribution < 1.29 is 23.4 Å². The highest BCUT2D eigenvalue weighted by Gasteiger charge is 2.13. The van der Waals surface area contributed by atoms with Crippen molar-refractivity contribution in [3.63, 3.8) is 0 Å². The highest BCUT2D eigenvalue weighted by atomic mass is 79.9. The molecule has 20 heavy (non-hydrogen) atoms. The second-order valence-corrected chi connectivity index (χ2v) is 4.84. The van der Waals surface area contributed by atoms with Crippen molar-refractivity contribution in [1.29, 1.82) is 0 Å². The van der Waals surface area contributed by atoms with Crippen LogP contribution >= 0.6 is 15.9 Å². The van der Waals surface area contributed by atoms with Crippen LogP contribution in [0.1, 0.15) is 15.9 Å². The fourth-order valence-corrected chi connectivity index (χ4v) is 2.01. The minimum atomic E-state index is -1.28. The maximum atomic E-state index is 13.1. The van der Waals surface area contributed by atoms with Gasteiger partial charge in [-0.25, -0.2) is 13.6 Å². The summed E-state index contributed by atoms with van der Waals surface area (Å²) >= 11 is 3.05. The van der Waals surface area contributed by atoms with Crippen LogP contribution in [-0.4, -0.2) is 11.1 Å². The Morgan fingerprint density at radius 3 is 2.60 bits per heavy atom. The molecule has 104 valence electrons. The highest BCUT2D eigenvalue weighted by Crippen LogP contribution is 2.22. The van der Waals surface area contributed by atoms with E-state index >= 15 is 0 Å². The van der Waals surface area contributed by atoms with Gasteiger partial charge in [0.25, 0.3) is 0 Å². The van der Waals surface area contributed by atoms with E-state index in [0.29, 0.717) is 5.56 Å². The Balaban J connectivity index is 2.18. The second kappa shape index (κ2) is 6.00. The predicted octanol–water partition coefficient (Wildman–Crippen LogP) is 4.00. The first kappa shape index (κ1) is 14.5. The molecule has 0 heterocycles. The van der Waals surface area contributed by atoms with Crippen LogP contribution in [0.15, 0.2) is 40.9 Å². The molecule has 0 unspecified atom stereocenters. The van der Waals surface area contributed by atoms with Crippen LogP contribution in [0.4, 0.5) is 8.78 Å². The number of aromatic carboxylic acids is 1. The molecule has 3 nitrogen and oxygen atoms in total. The molecule has 0 fully saturated rings. The summed E-state index contributed by atoms with van der Waals surface area (Å²) < 4.78 is 31.7. The van der Waals surface area contributed by atoms with E-state index in [1.807, 2.05) is 0 Å². The maximum absolute atomic E-state index is 13.1. The quantitative estimate of drug-likeness (QED) is 0.913. The monoisotopic (exact) mass is 342 g/mol. The lowest BCUT2D eigenvalue weighted by Crippen LogP contribution is -2.04. The molecule has 1 N–H and O–H groups in total. The van der Waals surface area contributed by atoms with Gasteiger partial charge in [0.2, 0.25) is 0 Å². The molecule has 0 radical (unpaired) electrons. The topological polar surface area (TPSA) is 46.5 Å². The van der Waals surface area contributed by atoms with Gasteiger partial charge in [-0.2, -0.15) is 0 Å². The van der Waals surface area contributed by atoms with Crippen LogP contribution in [0.25, 0.3) is 0 Å². The molecule has 0 aliphatic heterocycles. The third kappa shape index (κ3) is 3.33. The summed E-state index contributed by atoms with van der Waals surface area (Å²) in [6.07, 6.45) is 0. The Hall–Kier alpha value is -1.95. The predicted molar refractivity (Wildman–Crippen MR) is 71.8 cm³/mol. The minimum absolute atomic E-state index is 0.0464. The molecule has 2 rings (SSSR count). The molecule has 0 saturated heterocycles. The van der Waals surface area contributed by atoms with Crippen molar-refractivity contribution in [2.24, 2.45) is 0 Å². The van der Waals surface area contributed by atoms with Crippen molar-refractivity contribution in [1.82, 2.24) is 0 Å². The Bertz CT molecular complexity index is 659. The molecular weight excluding hydrogens is 334 g/mol. The van der Waals surface area contributed by atoms with E-state index in [1.54, 1.807) is 0 Å². The minimum Gasteiger partial charge on any atom is -0.488 e. The zero-order chi connectivity index (χ0) is 14.7. The van der Waals surface area contributed by atoms with E-state index < -0.39 is 17.6 Å². The van der Waals surface area contributed by atoms with Gasteiger partial charge >= 0.3 is 5.97 Å². The SMILES string of the molecule is O=C(O)c1cc(F)ccc1OCc1ccc(F)c(Br)c1. The smallest absolute Gasteiger partial charge is 0.339 e. The molecule has 0 spiro atoms. The van der Waals surface area contributed by atoms with Gasteiger partial charge in [-0.15, -0.1) is 0 Å². The van der Waals surface area contributed by atoms with Gasteiger partial charge in [-0.1, -0.05) is 6.07 Å². The Kier molecular flexibility index (Phi) is 4.34. The first-order chi connectivity index (χ1) is 9.47.